The number of hydrazone groups is 1. The maximum atomic E-state index is 11.9. The molecule has 1 heterocycles. The standard InChI is InChI=1S/C21H18BrClN2O3/c1-13-9-14(2)21(18(22)10-13)27-12-20(26)25-24-11-17-7-8-19(28-17)15-3-5-16(23)6-4-15/h3-11H,12H2,1-2H3,(H,25,26)/b24-11-. The molecule has 2 aromatic carbocycles. The second kappa shape index (κ2) is 9.08. The SMILES string of the molecule is Cc1cc(C)c(OCC(=O)N/N=C\c2ccc(-c3ccc(Cl)cc3)o2)c(Br)c1. The van der Waals surface area contributed by atoms with Crippen LogP contribution in [0, 0.1) is 13.8 Å². The quantitative estimate of drug-likeness (QED) is 0.389. The van der Waals surface area contributed by atoms with Crippen LogP contribution < -0.4 is 10.2 Å². The lowest BCUT2D eigenvalue weighted by atomic mass is 10.1. The predicted octanol–water partition coefficient (Wildman–Crippen LogP) is 5.51. The third kappa shape index (κ3) is 5.24. The van der Waals surface area contributed by atoms with Crippen molar-refractivity contribution in [2.75, 3.05) is 6.61 Å². The van der Waals surface area contributed by atoms with Crippen LogP contribution in [0.2, 0.25) is 5.02 Å². The van der Waals surface area contributed by atoms with Crippen LogP contribution in [0.3, 0.4) is 0 Å². The molecule has 0 saturated carbocycles. The van der Waals surface area contributed by atoms with Crippen LogP contribution >= 0.6 is 27.5 Å². The molecule has 7 heteroatoms. The molecule has 0 atom stereocenters. The van der Waals surface area contributed by atoms with E-state index in [1.807, 2.05) is 44.2 Å². The van der Waals surface area contributed by atoms with Gasteiger partial charge in [0.1, 0.15) is 17.3 Å². The Morgan fingerprint density at radius 3 is 2.68 bits per heavy atom. The van der Waals surface area contributed by atoms with Gasteiger partial charge in [0.05, 0.1) is 10.7 Å². The molecule has 5 nitrogen and oxygen atoms in total. The lowest BCUT2D eigenvalue weighted by Crippen LogP contribution is -2.24. The normalized spacial score (nSPS) is 11.0. The van der Waals surface area contributed by atoms with Gasteiger partial charge in [0.25, 0.3) is 5.91 Å². The number of nitrogens with zero attached hydrogens (tertiary/aromatic N) is 1. The lowest BCUT2D eigenvalue weighted by Gasteiger charge is -2.11. The zero-order chi connectivity index (χ0) is 20.1. The second-order valence-electron chi connectivity index (χ2n) is 6.18. The molecule has 1 N–H and O–H groups in total. The first-order chi connectivity index (χ1) is 13.4. The third-order valence-electron chi connectivity index (χ3n) is 3.86. The summed E-state index contributed by atoms with van der Waals surface area (Å²) < 4.78 is 12.1. The highest BCUT2D eigenvalue weighted by atomic mass is 79.9. The minimum absolute atomic E-state index is 0.145. The van der Waals surface area contributed by atoms with Crippen molar-refractivity contribution < 1.29 is 13.9 Å². The van der Waals surface area contributed by atoms with Gasteiger partial charge in [-0.15, -0.1) is 0 Å². The fourth-order valence-corrected chi connectivity index (χ4v) is 3.53. The van der Waals surface area contributed by atoms with Gasteiger partial charge in [-0.25, -0.2) is 5.43 Å². The number of rotatable bonds is 6. The van der Waals surface area contributed by atoms with Crippen LogP contribution in [0.4, 0.5) is 0 Å². The monoisotopic (exact) mass is 460 g/mol. The van der Waals surface area contributed by atoms with Crippen LogP contribution in [0.25, 0.3) is 11.3 Å². The molecular formula is C21H18BrClN2O3. The zero-order valence-corrected chi connectivity index (χ0v) is 17.7. The number of carbonyl (C=O) groups excluding carboxylic acids is 1. The average Bonchev–Trinajstić information content (AvgIpc) is 3.10. The maximum Gasteiger partial charge on any atom is 0.277 e. The number of furan rings is 1. The first-order valence-corrected chi connectivity index (χ1v) is 9.66. The van der Waals surface area contributed by atoms with Gasteiger partial charge in [0.2, 0.25) is 0 Å². The van der Waals surface area contributed by atoms with E-state index in [0.29, 0.717) is 22.3 Å². The molecular weight excluding hydrogens is 444 g/mol. The topological polar surface area (TPSA) is 63.8 Å². The number of benzene rings is 2. The van der Waals surface area contributed by atoms with Gasteiger partial charge in [-0.3, -0.25) is 4.79 Å². The molecule has 0 unspecified atom stereocenters. The minimum atomic E-state index is -0.368. The highest BCUT2D eigenvalue weighted by molar-refractivity contribution is 9.10. The van der Waals surface area contributed by atoms with Gasteiger partial charge in [-0.1, -0.05) is 17.7 Å². The van der Waals surface area contributed by atoms with Gasteiger partial charge in [0, 0.05) is 10.6 Å². The van der Waals surface area contributed by atoms with Crippen LogP contribution in [-0.4, -0.2) is 18.7 Å². The number of halogens is 2. The molecule has 1 aromatic heterocycles. The van der Waals surface area contributed by atoms with E-state index in [9.17, 15) is 4.79 Å². The minimum Gasteiger partial charge on any atom is -0.482 e. The van der Waals surface area contributed by atoms with Gasteiger partial charge in [0.15, 0.2) is 6.61 Å². The van der Waals surface area contributed by atoms with Gasteiger partial charge >= 0.3 is 0 Å². The molecule has 144 valence electrons. The molecule has 28 heavy (non-hydrogen) atoms. The fraction of sp³-hybridized carbons (Fsp3) is 0.143. The summed E-state index contributed by atoms with van der Waals surface area (Å²) >= 11 is 9.34. The van der Waals surface area contributed by atoms with E-state index in [-0.39, 0.29) is 12.5 Å². The number of amides is 1. The first-order valence-electron chi connectivity index (χ1n) is 8.49. The highest BCUT2D eigenvalue weighted by Gasteiger charge is 2.09. The summed E-state index contributed by atoms with van der Waals surface area (Å²) in [7, 11) is 0. The fourth-order valence-electron chi connectivity index (χ4n) is 2.61. The van der Waals surface area contributed by atoms with E-state index in [0.717, 1.165) is 21.2 Å². The Kier molecular flexibility index (Phi) is 6.54. The van der Waals surface area contributed by atoms with Crippen LogP contribution in [0.5, 0.6) is 5.75 Å². The maximum absolute atomic E-state index is 11.9. The van der Waals surface area contributed by atoms with E-state index >= 15 is 0 Å². The Bertz CT molecular complexity index is 990. The summed E-state index contributed by atoms with van der Waals surface area (Å²) in [5.74, 6) is 1.48. The first kappa shape index (κ1) is 20.2. The van der Waals surface area contributed by atoms with E-state index < -0.39 is 0 Å². The van der Waals surface area contributed by atoms with Crippen LogP contribution in [-0.2, 0) is 4.79 Å². The Morgan fingerprint density at radius 1 is 1.21 bits per heavy atom. The van der Waals surface area contributed by atoms with Crippen LogP contribution in [0.15, 0.2) is 62.5 Å². The van der Waals surface area contributed by atoms with Crippen molar-refractivity contribution >= 4 is 39.7 Å². The number of aryl methyl sites for hydroxylation is 2. The lowest BCUT2D eigenvalue weighted by molar-refractivity contribution is -0.123. The summed E-state index contributed by atoms with van der Waals surface area (Å²) in [4.78, 5) is 11.9. The highest BCUT2D eigenvalue weighted by Crippen LogP contribution is 2.30. The van der Waals surface area contributed by atoms with Crippen molar-refractivity contribution in [2.45, 2.75) is 13.8 Å². The average molecular weight is 462 g/mol. The van der Waals surface area contributed by atoms with Gasteiger partial charge in [-0.2, -0.15) is 5.10 Å². The predicted molar refractivity (Wildman–Crippen MR) is 114 cm³/mol. The van der Waals surface area contributed by atoms with E-state index in [1.54, 1.807) is 18.2 Å². The molecule has 0 aliphatic rings. The van der Waals surface area contributed by atoms with Crippen molar-refractivity contribution in [2.24, 2.45) is 5.10 Å². The molecule has 3 aromatic rings. The van der Waals surface area contributed by atoms with E-state index in [1.165, 1.54) is 6.21 Å². The molecule has 0 saturated heterocycles. The van der Waals surface area contributed by atoms with Crippen molar-refractivity contribution in [3.63, 3.8) is 0 Å². The Hall–Kier alpha value is -2.57. The van der Waals surface area contributed by atoms with Crippen molar-refractivity contribution in [1.82, 2.24) is 5.43 Å². The number of ether oxygens (including phenoxy) is 1. The third-order valence-corrected chi connectivity index (χ3v) is 4.70. The van der Waals surface area contributed by atoms with Gasteiger partial charge in [-0.05, 0) is 83.4 Å². The Labute approximate surface area is 176 Å². The van der Waals surface area contributed by atoms with Crippen molar-refractivity contribution in [3.8, 4) is 17.1 Å². The van der Waals surface area contributed by atoms with Crippen molar-refractivity contribution in [1.29, 1.82) is 0 Å². The molecule has 0 aliphatic carbocycles. The Morgan fingerprint density at radius 2 is 1.96 bits per heavy atom. The van der Waals surface area contributed by atoms with Crippen LogP contribution in [0.1, 0.15) is 16.9 Å². The summed E-state index contributed by atoms with van der Waals surface area (Å²) in [6, 6.07) is 14.8. The molecule has 1 amide bonds. The number of hydrogen-bond donors (Lipinski definition) is 1. The van der Waals surface area contributed by atoms with E-state index in [4.69, 9.17) is 20.8 Å². The molecule has 0 spiro atoms. The van der Waals surface area contributed by atoms with Gasteiger partial charge < -0.3 is 9.15 Å². The van der Waals surface area contributed by atoms with E-state index in [2.05, 4.69) is 26.5 Å². The summed E-state index contributed by atoms with van der Waals surface area (Å²) in [6.45, 7) is 3.78. The zero-order valence-electron chi connectivity index (χ0n) is 15.3. The number of carbonyl (C=O) groups is 1. The molecule has 0 radical (unpaired) electrons. The summed E-state index contributed by atoms with van der Waals surface area (Å²) in [5.41, 5.74) is 5.39. The Balaban J connectivity index is 1.54. The number of nitrogens with one attached hydrogen (secondary N) is 1. The molecule has 3 rings (SSSR count). The van der Waals surface area contributed by atoms with Crippen molar-refractivity contribution in [3.05, 3.63) is 74.9 Å². The summed E-state index contributed by atoms with van der Waals surface area (Å²) in [6.07, 6.45) is 1.43. The number of hydrogen-bond acceptors (Lipinski definition) is 4. The molecule has 0 fully saturated rings. The summed E-state index contributed by atoms with van der Waals surface area (Å²) in [5, 5.41) is 4.56. The second-order valence-corrected chi connectivity index (χ2v) is 7.47. The molecule has 0 bridgehead atoms. The molecule has 0 aliphatic heterocycles. The largest absolute Gasteiger partial charge is 0.482 e. The smallest absolute Gasteiger partial charge is 0.277 e.